The predicted octanol–water partition coefficient (Wildman–Crippen LogP) is -0.127. The van der Waals surface area contributed by atoms with Gasteiger partial charge in [0.15, 0.2) is 0 Å². The van der Waals surface area contributed by atoms with E-state index in [9.17, 15) is 9.36 Å². The second kappa shape index (κ2) is 10.5. The number of likely N-dealkylation sites (N-methyl/N-ethyl adjacent to an activating group) is 1. The van der Waals surface area contributed by atoms with Gasteiger partial charge in [0.05, 0.1) is 34.4 Å². The Bertz CT molecular complexity index is 415. The Hall–Kier alpha value is -0.540. The van der Waals surface area contributed by atoms with E-state index in [2.05, 4.69) is 0 Å². The Morgan fingerprint density at radius 1 is 1.17 bits per heavy atom. The van der Waals surface area contributed by atoms with Crippen molar-refractivity contribution in [2.45, 2.75) is 38.4 Å². The number of phosphoric ester groups is 1. The molecule has 0 bridgehead atoms. The van der Waals surface area contributed by atoms with Gasteiger partial charge in [-0.15, -0.1) is 0 Å². The number of nitrogens with zero attached hydrogens (tertiary/aromatic N) is 1. The lowest BCUT2D eigenvalue weighted by Crippen LogP contribution is -2.44. The van der Waals surface area contributed by atoms with Crippen molar-refractivity contribution in [3.05, 3.63) is 0 Å². The zero-order valence-corrected chi connectivity index (χ0v) is 15.7. The summed E-state index contributed by atoms with van der Waals surface area (Å²) in [6.45, 7) is 1.33. The SMILES string of the molecule is CC(CCCC(=O)OC(CO)CO)C(C[N+](C)(C)C)OP(=O)(O)O. The van der Waals surface area contributed by atoms with Crippen LogP contribution in [0.5, 0.6) is 0 Å². The van der Waals surface area contributed by atoms with Gasteiger partial charge in [0.25, 0.3) is 0 Å². The summed E-state index contributed by atoms with van der Waals surface area (Å²) in [6.07, 6.45) is -0.513. The number of phosphoric acid groups is 1. The molecule has 0 amide bonds. The number of rotatable bonds is 12. The summed E-state index contributed by atoms with van der Waals surface area (Å²) in [5, 5.41) is 17.7. The minimum atomic E-state index is -4.60. The van der Waals surface area contributed by atoms with Gasteiger partial charge >= 0.3 is 13.8 Å². The molecule has 0 saturated heterocycles. The van der Waals surface area contributed by atoms with Crippen molar-refractivity contribution in [3.63, 3.8) is 0 Å². The summed E-state index contributed by atoms with van der Waals surface area (Å²) in [4.78, 5) is 29.7. The average Bonchev–Trinajstić information content (AvgIpc) is 2.40. The zero-order valence-electron chi connectivity index (χ0n) is 14.8. The molecule has 2 atom stereocenters. The molecule has 0 aliphatic carbocycles. The van der Waals surface area contributed by atoms with Crippen LogP contribution in [0.15, 0.2) is 0 Å². The van der Waals surface area contributed by atoms with Crippen molar-refractivity contribution in [1.82, 2.24) is 0 Å². The van der Waals surface area contributed by atoms with E-state index in [1.165, 1.54) is 0 Å². The van der Waals surface area contributed by atoms with Crippen LogP contribution >= 0.6 is 7.82 Å². The van der Waals surface area contributed by atoms with Gasteiger partial charge in [-0.2, -0.15) is 0 Å². The summed E-state index contributed by atoms with van der Waals surface area (Å²) < 4.78 is 21.4. The molecule has 0 aromatic heterocycles. The van der Waals surface area contributed by atoms with Crippen LogP contribution in [0.2, 0.25) is 0 Å². The Morgan fingerprint density at radius 2 is 1.71 bits per heavy atom. The number of ether oxygens (including phenoxy) is 1. The fourth-order valence-corrected chi connectivity index (χ4v) is 2.79. The Labute approximate surface area is 143 Å². The minimum absolute atomic E-state index is 0.0911. The second-order valence-electron chi connectivity index (χ2n) is 6.95. The number of esters is 1. The highest BCUT2D eigenvalue weighted by atomic mass is 31.2. The van der Waals surface area contributed by atoms with Crippen molar-refractivity contribution >= 4 is 13.8 Å². The van der Waals surface area contributed by atoms with E-state index < -0.39 is 39.2 Å². The van der Waals surface area contributed by atoms with Crippen LogP contribution in [0.25, 0.3) is 0 Å². The first-order chi connectivity index (χ1) is 10.9. The maximum Gasteiger partial charge on any atom is 0.470 e. The Kier molecular flexibility index (Phi) is 10.2. The molecule has 0 radical (unpaired) electrons. The van der Waals surface area contributed by atoms with Crippen molar-refractivity contribution in [2.75, 3.05) is 40.9 Å². The van der Waals surface area contributed by atoms with E-state index >= 15 is 0 Å². The number of aliphatic hydroxyl groups is 2. The minimum Gasteiger partial charge on any atom is -0.457 e. The second-order valence-corrected chi connectivity index (χ2v) is 8.15. The average molecular weight is 372 g/mol. The van der Waals surface area contributed by atoms with E-state index in [-0.39, 0.29) is 12.3 Å². The largest absolute Gasteiger partial charge is 0.470 e. The van der Waals surface area contributed by atoms with Crippen LogP contribution in [0.1, 0.15) is 26.2 Å². The first kappa shape index (κ1) is 23.5. The van der Waals surface area contributed by atoms with Gasteiger partial charge in [-0.05, 0) is 18.8 Å². The molecular weight excluding hydrogens is 341 g/mol. The van der Waals surface area contributed by atoms with Crippen LogP contribution in [0, 0.1) is 5.92 Å². The molecule has 24 heavy (non-hydrogen) atoms. The summed E-state index contributed by atoms with van der Waals surface area (Å²) in [7, 11) is 1.08. The molecule has 2 unspecified atom stereocenters. The highest BCUT2D eigenvalue weighted by Crippen LogP contribution is 2.40. The van der Waals surface area contributed by atoms with Gasteiger partial charge in [0.2, 0.25) is 0 Å². The van der Waals surface area contributed by atoms with Crippen LogP contribution in [0.4, 0.5) is 0 Å². The number of hydrogen-bond acceptors (Lipinski definition) is 6. The first-order valence-electron chi connectivity index (χ1n) is 7.83. The summed E-state index contributed by atoms with van der Waals surface area (Å²) >= 11 is 0. The molecule has 0 heterocycles. The normalized spacial score (nSPS) is 15.4. The maximum absolute atomic E-state index is 11.6. The third-order valence-corrected chi connectivity index (χ3v) is 3.93. The third-order valence-electron chi connectivity index (χ3n) is 3.38. The summed E-state index contributed by atoms with van der Waals surface area (Å²) in [5.74, 6) is -0.705. The van der Waals surface area contributed by atoms with Crippen LogP contribution in [0.3, 0.4) is 0 Å². The lowest BCUT2D eigenvalue weighted by Gasteiger charge is -2.32. The van der Waals surface area contributed by atoms with Gasteiger partial charge < -0.3 is 29.2 Å². The van der Waals surface area contributed by atoms with Gasteiger partial charge in [0, 0.05) is 6.42 Å². The van der Waals surface area contributed by atoms with E-state index in [0.717, 1.165) is 0 Å². The van der Waals surface area contributed by atoms with Crippen molar-refractivity contribution < 1.29 is 43.1 Å². The van der Waals surface area contributed by atoms with E-state index in [4.69, 9.17) is 29.3 Å². The molecule has 0 aliphatic heterocycles. The molecule has 0 aromatic carbocycles. The molecule has 0 rings (SSSR count). The highest BCUT2D eigenvalue weighted by molar-refractivity contribution is 7.46. The molecular formula is C14H31NO8P+. The standard InChI is InChI=1S/C14H30NO8P/c1-11(6-5-7-14(18)22-12(9-16)10-17)13(8-15(2,3)4)23-24(19,20)21/h11-13,16-17H,5-10H2,1-4H3,(H-,19,20,21)/p+1. The fraction of sp³-hybridized carbons (Fsp3) is 0.929. The lowest BCUT2D eigenvalue weighted by molar-refractivity contribution is -0.873. The first-order valence-corrected chi connectivity index (χ1v) is 9.36. The number of quaternary nitrogens is 1. The van der Waals surface area contributed by atoms with E-state index in [0.29, 0.717) is 23.9 Å². The number of carbonyl (C=O) groups excluding carboxylic acids is 1. The number of carbonyl (C=O) groups is 1. The van der Waals surface area contributed by atoms with Crippen LogP contribution in [-0.2, 0) is 18.6 Å². The molecule has 0 spiro atoms. The fourth-order valence-electron chi connectivity index (χ4n) is 2.16. The smallest absolute Gasteiger partial charge is 0.457 e. The molecule has 9 nitrogen and oxygen atoms in total. The van der Waals surface area contributed by atoms with Gasteiger partial charge in [-0.1, -0.05) is 6.92 Å². The Balaban J connectivity index is 4.48. The van der Waals surface area contributed by atoms with Crippen LogP contribution in [-0.4, -0.2) is 83.6 Å². The number of hydrogen-bond donors (Lipinski definition) is 4. The molecule has 0 aliphatic rings. The maximum atomic E-state index is 11.6. The van der Waals surface area contributed by atoms with Crippen LogP contribution < -0.4 is 0 Å². The van der Waals surface area contributed by atoms with Gasteiger partial charge in [-0.3, -0.25) is 9.32 Å². The molecule has 10 heteroatoms. The molecule has 0 aromatic rings. The topological polar surface area (TPSA) is 134 Å². The molecule has 144 valence electrons. The zero-order chi connectivity index (χ0) is 19.0. The third kappa shape index (κ3) is 11.9. The van der Waals surface area contributed by atoms with E-state index in [1.807, 2.05) is 28.1 Å². The Morgan fingerprint density at radius 3 is 2.12 bits per heavy atom. The van der Waals surface area contributed by atoms with Crippen molar-refractivity contribution in [3.8, 4) is 0 Å². The summed E-state index contributed by atoms with van der Waals surface area (Å²) in [5.41, 5.74) is 0. The highest BCUT2D eigenvalue weighted by Gasteiger charge is 2.31. The summed E-state index contributed by atoms with van der Waals surface area (Å²) in [6, 6.07) is 0. The predicted molar refractivity (Wildman–Crippen MR) is 86.9 cm³/mol. The van der Waals surface area contributed by atoms with Crippen molar-refractivity contribution in [2.24, 2.45) is 5.92 Å². The number of aliphatic hydroxyl groups excluding tert-OH is 2. The quantitative estimate of drug-likeness (QED) is 0.212. The molecule has 0 saturated carbocycles. The molecule has 0 fully saturated rings. The monoisotopic (exact) mass is 372 g/mol. The van der Waals surface area contributed by atoms with E-state index in [1.54, 1.807) is 0 Å². The van der Waals surface area contributed by atoms with Crippen molar-refractivity contribution in [1.29, 1.82) is 0 Å². The molecule has 4 N–H and O–H groups in total. The van der Waals surface area contributed by atoms with Gasteiger partial charge in [-0.25, -0.2) is 4.57 Å². The lowest BCUT2D eigenvalue weighted by atomic mass is 9.97. The van der Waals surface area contributed by atoms with Gasteiger partial charge in [0.1, 0.15) is 18.8 Å².